The normalized spacial score (nSPS) is 14.8. The molecule has 1 heterocycles. The number of carbonyl (C=O) groups is 1. The van der Waals surface area contributed by atoms with Crippen molar-refractivity contribution in [3.63, 3.8) is 0 Å². The first-order chi connectivity index (χ1) is 18.0. The molecule has 1 unspecified atom stereocenters. The van der Waals surface area contributed by atoms with Crippen molar-refractivity contribution in [2.75, 3.05) is 30.5 Å². The van der Waals surface area contributed by atoms with Crippen molar-refractivity contribution in [1.82, 2.24) is 0 Å². The Kier molecular flexibility index (Phi) is 8.26. The van der Waals surface area contributed by atoms with E-state index in [4.69, 9.17) is 14.6 Å². The molecular formula is C29H32FNO6S. The van der Waals surface area contributed by atoms with Crippen molar-refractivity contribution >= 4 is 21.5 Å². The molecule has 1 aliphatic rings. The van der Waals surface area contributed by atoms with E-state index >= 15 is 0 Å². The number of aryl methyl sites for hydroxylation is 3. The maximum Gasteiger partial charge on any atom is 0.303 e. The molecule has 38 heavy (non-hydrogen) atoms. The third-order valence-corrected chi connectivity index (χ3v) is 7.53. The Hall–Kier alpha value is -3.59. The van der Waals surface area contributed by atoms with Gasteiger partial charge in [0.2, 0.25) is 0 Å². The van der Waals surface area contributed by atoms with Crippen molar-refractivity contribution in [3.05, 3.63) is 76.6 Å². The number of anilines is 1. The van der Waals surface area contributed by atoms with E-state index in [0.29, 0.717) is 42.4 Å². The average molecular weight is 542 g/mol. The van der Waals surface area contributed by atoms with Crippen LogP contribution in [0, 0.1) is 19.7 Å². The molecule has 0 saturated carbocycles. The van der Waals surface area contributed by atoms with Gasteiger partial charge in [0.1, 0.15) is 33.8 Å². The summed E-state index contributed by atoms with van der Waals surface area (Å²) in [5.74, 6) is -0.119. The quantitative estimate of drug-likeness (QED) is 0.328. The van der Waals surface area contributed by atoms with E-state index in [1.165, 1.54) is 12.3 Å². The number of halogens is 1. The maximum absolute atomic E-state index is 14.6. The van der Waals surface area contributed by atoms with Crippen LogP contribution in [0.25, 0.3) is 11.1 Å². The number of sulfone groups is 1. The van der Waals surface area contributed by atoms with Gasteiger partial charge in [-0.25, -0.2) is 12.8 Å². The number of nitrogens with one attached hydrogen (secondary N) is 1. The van der Waals surface area contributed by atoms with E-state index in [1.54, 1.807) is 6.07 Å². The summed E-state index contributed by atoms with van der Waals surface area (Å²) in [6.45, 7) is 4.71. The molecule has 3 aromatic rings. The first-order valence-corrected chi connectivity index (χ1v) is 14.5. The molecule has 0 spiro atoms. The minimum Gasteiger partial charge on any atom is -0.494 e. The van der Waals surface area contributed by atoms with Gasteiger partial charge in [-0.15, -0.1) is 0 Å². The van der Waals surface area contributed by atoms with E-state index in [2.05, 4.69) is 11.4 Å². The standard InChI is InChI=1S/C29H32FNO6S/c1-18-12-23(36-10-5-11-38(3,34)35)13-19(2)29(18)22-7-4-6-21(14-22)26-17-37-27-15-20(8-9-28(32)33)24(30)16-25(27)31-26/h4,6-7,12-16,26,31H,5,8-11,17H2,1-3H3,(H,32,33). The predicted octanol–water partition coefficient (Wildman–Crippen LogP) is 5.49. The highest BCUT2D eigenvalue weighted by atomic mass is 32.2. The third-order valence-electron chi connectivity index (χ3n) is 6.50. The maximum atomic E-state index is 14.6. The monoisotopic (exact) mass is 541 g/mol. The van der Waals surface area contributed by atoms with E-state index in [-0.39, 0.29) is 24.6 Å². The van der Waals surface area contributed by atoms with Crippen LogP contribution in [0.2, 0.25) is 0 Å². The van der Waals surface area contributed by atoms with E-state index in [1.807, 2.05) is 44.2 Å². The van der Waals surface area contributed by atoms with Crippen molar-refractivity contribution < 1.29 is 32.2 Å². The van der Waals surface area contributed by atoms with Crippen LogP contribution in [0.5, 0.6) is 11.5 Å². The largest absolute Gasteiger partial charge is 0.494 e. The van der Waals surface area contributed by atoms with Gasteiger partial charge in [-0.3, -0.25) is 4.79 Å². The summed E-state index contributed by atoms with van der Waals surface area (Å²) in [4.78, 5) is 10.9. The minimum absolute atomic E-state index is 0.0950. The molecule has 7 nitrogen and oxygen atoms in total. The lowest BCUT2D eigenvalue weighted by Gasteiger charge is -2.29. The molecular weight excluding hydrogens is 509 g/mol. The van der Waals surface area contributed by atoms with E-state index < -0.39 is 21.6 Å². The second-order valence-electron chi connectivity index (χ2n) is 9.73. The Morgan fingerprint density at radius 2 is 1.89 bits per heavy atom. The molecule has 1 atom stereocenters. The van der Waals surface area contributed by atoms with Crippen LogP contribution < -0.4 is 14.8 Å². The third kappa shape index (κ3) is 6.83. The molecule has 0 aliphatic carbocycles. The zero-order valence-corrected chi connectivity index (χ0v) is 22.5. The fraction of sp³-hybridized carbons (Fsp3) is 0.345. The predicted molar refractivity (Wildman–Crippen MR) is 145 cm³/mol. The number of rotatable bonds is 10. The van der Waals surface area contributed by atoms with Gasteiger partial charge in [0.15, 0.2) is 0 Å². The van der Waals surface area contributed by atoms with Crippen molar-refractivity contribution in [3.8, 4) is 22.6 Å². The molecule has 0 saturated heterocycles. The zero-order valence-electron chi connectivity index (χ0n) is 21.7. The number of hydrogen-bond donors (Lipinski definition) is 2. The summed E-state index contributed by atoms with van der Waals surface area (Å²) in [6.07, 6.45) is 1.62. The molecule has 3 aromatic carbocycles. The molecule has 202 valence electrons. The fourth-order valence-corrected chi connectivity index (χ4v) is 5.37. The number of benzene rings is 3. The molecule has 9 heteroatoms. The second kappa shape index (κ2) is 11.4. The van der Waals surface area contributed by atoms with Crippen molar-refractivity contribution in [1.29, 1.82) is 0 Å². The lowest BCUT2D eigenvalue weighted by molar-refractivity contribution is -0.136. The summed E-state index contributed by atoms with van der Waals surface area (Å²) >= 11 is 0. The molecule has 2 N–H and O–H groups in total. The van der Waals surface area contributed by atoms with Crippen LogP contribution in [-0.2, 0) is 21.1 Å². The van der Waals surface area contributed by atoms with Gasteiger partial charge in [0, 0.05) is 18.7 Å². The van der Waals surface area contributed by atoms with Crippen LogP contribution in [0.1, 0.15) is 41.1 Å². The van der Waals surface area contributed by atoms with Gasteiger partial charge in [-0.2, -0.15) is 0 Å². The highest BCUT2D eigenvalue weighted by Crippen LogP contribution is 2.38. The first-order valence-electron chi connectivity index (χ1n) is 12.5. The van der Waals surface area contributed by atoms with Gasteiger partial charge in [-0.1, -0.05) is 18.2 Å². The summed E-state index contributed by atoms with van der Waals surface area (Å²) in [5, 5.41) is 12.3. The van der Waals surface area contributed by atoms with Crippen LogP contribution in [-0.4, -0.2) is 44.7 Å². The first kappa shape index (κ1) is 27.4. The van der Waals surface area contributed by atoms with Crippen molar-refractivity contribution in [2.45, 2.75) is 39.2 Å². The van der Waals surface area contributed by atoms with E-state index in [0.717, 1.165) is 27.8 Å². The van der Waals surface area contributed by atoms with Gasteiger partial charge in [0.05, 0.1) is 24.1 Å². The Morgan fingerprint density at radius 3 is 2.58 bits per heavy atom. The second-order valence-corrected chi connectivity index (χ2v) is 12.0. The number of aliphatic carboxylic acids is 1. The van der Waals surface area contributed by atoms with Crippen LogP contribution in [0.3, 0.4) is 0 Å². The number of ether oxygens (including phenoxy) is 2. The average Bonchev–Trinajstić information content (AvgIpc) is 2.84. The zero-order chi connectivity index (χ0) is 27.4. The van der Waals surface area contributed by atoms with Crippen LogP contribution in [0.4, 0.5) is 10.1 Å². The number of carboxylic acid groups (broad SMARTS) is 1. The highest BCUT2D eigenvalue weighted by Gasteiger charge is 2.23. The number of hydrogen-bond acceptors (Lipinski definition) is 6. The molecule has 0 aromatic heterocycles. The summed E-state index contributed by atoms with van der Waals surface area (Å²) in [7, 11) is -3.01. The molecule has 0 amide bonds. The molecule has 0 fully saturated rings. The Balaban J connectivity index is 1.50. The molecule has 4 rings (SSSR count). The van der Waals surface area contributed by atoms with E-state index in [9.17, 15) is 17.6 Å². The summed E-state index contributed by atoms with van der Waals surface area (Å²) in [6, 6.07) is 14.8. The molecule has 0 radical (unpaired) electrons. The Labute approximate surface area is 222 Å². The lowest BCUT2D eigenvalue weighted by atomic mass is 9.92. The fourth-order valence-electron chi connectivity index (χ4n) is 4.73. The summed E-state index contributed by atoms with van der Waals surface area (Å²) in [5.41, 5.74) is 6.04. The highest BCUT2D eigenvalue weighted by molar-refractivity contribution is 7.90. The molecule has 0 bridgehead atoms. The lowest BCUT2D eigenvalue weighted by Crippen LogP contribution is -2.24. The number of carboxylic acids is 1. The van der Waals surface area contributed by atoms with Gasteiger partial charge >= 0.3 is 5.97 Å². The van der Waals surface area contributed by atoms with Crippen molar-refractivity contribution in [2.24, 2.45) is 0 Å². The molecule has 1 aliphatic heterocycles. The van der Waals surface area contributed by atoms with Gasteiger partial charge in [0.25, 0.3) is 0 Å². The van der Waals surface area contributed by atoms with Crippen LogP contribution >= 0.6 is 0 Å². The Morgan fingerprint density at radius 1 is 1.16 bits per heavy atom. The topological polar surface area (TPSA) is 102 Å². The van der Waals surface area contributed by atoms with Crippen LogP contribution in [0.15, 0.2) is 48.5 Å². The SMILES string of the molecule is Cc1cc(OCCCS(C)(=O)=O)cc(C)c1-c1cccc(C2COc3cc(CCC(=O)O)c(F)cc3N2)c1. The smallest absolute Gasteiger partial charge is 0.303 e. The minimum atomic E-state index is -3.01. The van der Waals surface area contributed by atoms with Gasteiger partial charge in [-0.05, 0) is 84.3 Å². The number of fused-ring (bicyclic) bond motifs is 1. The van der Waals surface area contributed by atoms with Gasteiger partial charge < -0.3 is 19.9 Å². The Bertz CT molecular complexity index is 1430. The summed E-state index contributed by atoms with van der Waals surface area (Å²) < 4.78 is 49.0.